The van der Waals surface area contributed by atoms with Crippen molar-refractivity contribution in [1.29, 1.82) is 0 Å². The number of hydrogen-bond donors (Lipinski definition) is 1. The summed E-state index contributed by atoms with van der Waals surface area (Å²) in [5.74, 6) is 0.757. The molecule has 6 nitrogen and oxygen atoms in total. The fourth-order valence-electron chi connectivity index (χ4n) is 3.65. The van der Waals surface area contributed by atoms with Crippen LogP contribution in [-0.4, -0.2) is 39.2 Å². The molecule has 0 bridgehead atoms. The maximum absolute atomic E-state index is 13.1. The molecule has 0 saturated carbocycles. The summed E-state index contributed by atoms with van der Waals surface area (Å²) in [5, 5.41) is 7.24. The summed E-state index contributed by atoms with van der Waals surface area (Å²) in [6.45, 7) is 3.64. The van der Waals surface area contributed by atoms with Crippen molar-refractivity contribution in [2.24, 2.45) is 0 Å². The number of rotatable bonds is 4. The van der Waals surface area contributed by atoms with Crippen molar-refractivity contribution in [2.45, 2.75) is 25.9 Å². The Bertz CT molecular complexity index is 927. The van der Waals surface area contributed by atoms with Crippen LogP contribution in [0.15, 0.2) is 48.7 Å². The molecule has 1 aliphatic rings. The highest BCUT2D eigenvalue weighted by Gasteiger charge is 2.31. The van der Waals surface area contributed by atoms with Gasteiger partial charge >= 0.3 is 0 Å². The van der Waals surface area contributed by atoms with E-state index in [0.717, 1.165) is 30.0 Å². The molecule has 134 valence electrons. The van der Waals surface area contributed by atoms with E-state index in [9.17, 15) is 4.79 Å². The lowest BCUT2D eigenvalue weighted by Gasteiger charge is -2.36. The molecule has 1 amide bonds. The lowest BCUT2D eigenvalue weighted by molar-refractivity contribution is 0.0611. The van der Waals surface area contributed by atoms with E-state index in [1.54, 1.807) is 7.11 Å². The van der Waals surface area contributed by atoms with Crippen molar-refractivity contribution >= 4 is 5.91 Å². The molecular formula is C20H22N4O2. The zero-order chi connectivity index (χ0) is 18.1. The van der Waals surface area contributed by atoms with Gasteiger partial charge in [-0.1, -0.05) is 19.1 Å². The maximum Gasteiger partial charge on any atom is 0.272 e. The standard InChI is InChI=1S/C20H22N4O2/c1-3-18-19-8-5-9-23(19)10-11-24(18)20(25)17-13-16(21-22-17)14-6-4-7-15(12-14)26-2/h4-9,12-13,18H,3,10-11H2,1-2H3,(H,21,22). The summed E-state index contributed by atoms with van der Waals surface area (Å²) in [6.07, 6.45) is 2.96. The van der Waals surface area contributed by atoms with Gasteiger partial charge in [0.2, 0.25) is 0 Å². The number of ether oxygens (including phenoxy) is 1. The third kappa shape index (κ3) is 2.77. The molecule has 6 heteroatoms. The summed E-state index contributed by atoms with van der Waals surface area (Å²) in [5.41, 5.74) is 3.36. The fraction of sp³-hybridized carbons (Fsp3) is 0.300. The molecule has 3 aromatic rings. The average Bonchev–Trinajstić information content (AvgIpc) is 3.36. The second-order valence-corrected chi connectivity index (χ2v) is 6.45. The topological polar surface area (TPSA) is 63.1 Å². The Morgan fingerprint density at radius 2 is 2.15 bits per heavy atom. The third-order valence-electron chi connectivity index (χ3n) is 4.99. The summed E-state index contributed by atoms with van der Waals surface area (Å²) in [7, 11) is 1.63. The molecule has 1 atom stereocenters. The van der Waals surface area contributed by atoms with E-state index in [1.165, 1.54) is 5.69 Å². The molecule has 0 aliphatic carbocycles. The molecule has 1 unspecified atom stereocenters. The predicted octanol–water partition coefficient (Wildman–Crippen LogP) is 3.49. The van der Waals surface area contributed by atoms with Gasteiger partial charge in [0.15, 0.2) is 0 Å². The van der Waals surface area contributed by atoms with Crippen LogP contribution in [0.4, 0.5) is 0 Å². The van der Waals surface area contributed by atoms with Crippen LogP contribution in [0.25, 0.3) is 11.3 Å². The fourth-order valence-corrected chi connectivity index (χ4v) is 3.65. The van der Waals surface area contributed by atoms with E-state index in [1.807, 2.05) is 41.3 Å². The molecule has 0 saturated heterocycles. The van der Waals surface area contributed by atoms with Crippen LogP contribution >= 0.6 is 0 Å². The van der Waals surface area contributed by atoms with Crippen molar-refractivity contribution in [3.8, 4) is 17.0 Å². The second kappa shape index (κ2) is 6.71. The van der Waals surface area contributed by atoms with Crippen molar-refractivity contribution < 1.29 is 9.53 Å². The van der Waals surface area contributed by atoms with Gasteiger partial charge in [-0.3, -0.25) is 9.89 Å². The highest BCUT2D eigenvalue weighted by molar-refractivity contribution is 5.93. The van der Waals surface area contributed by atoms with Crippen LogP contribution in [0, 0.1) is 0 Å². The van der Waals surface area contributed by atoms with Gasteiger partial charge in [-0.25, -0.2) is 0 Å². The molecule has 4 rings (SSSR count). The number of nitrogens with one attached hydrogen (secondary N) is 1. The van der Waals surface area contributed by atoms with Gasteiger partial charge in [-0.15, -0.1) is 0 Å². The van der Waals surface area contributed by atoms with Gasteiger partial charge in [-0.05, 0) is 36.8 Å². The minimum atomic E-state index is -0.00838. The Kier molecular flexibility index (Phi) is 4.24. The Labute approximate surface area is 152 Å². The molecule has 0 radical (unpaired) electrons. The normalized spacial score (nSPS) is 16.4. The van der Waals surface area contributed by atoms with Crippen LogP contribution in [0.2, 0.25) is 0 Å². The molecule has 0 fully saturated rings. The van der Waals surface area contributed by atoms with E-state index < -0.39 is 0 Å². The van der Waals surface area contributed by atoms with Crippen molar-refractivity contribution in [3.63, 3.8) is 0 Å². The number of carbonyl (C=O) groups excluding carboxylic acids is 1. The lowest BCUT2D eigenvalue weighted by atomic mass is 10.1. The first-order chi connectivity index (χ1) is 12.7. The van der Waals surface area contributed by atoms with Crippen molar-refractivity contribution in [1.82, 2.24) is 19.7 Å². The third-order valence-corrected chi connectivity index (χ3v) is 4.99. The molecule has 2 aromatic heterocycles. The van der Waals surface area contributed by atoms with Gasteiger partial charge < -0.3 is 14.2 Å². The van der Waals surface area contributed by atoms with E-state index in [4.69, 9.17) is 4.74 Å². The SMILES string of the molecule is CCC1c2cccn2CCN1C(=O)c1cc(-c2cccc(OC)c2)n[nH]1. The largest absolute Gasteiger partial charge is 0.497 e. The second-order valence-electron chi connectivity index (χ2n) is 6.45. The molecule has 1 aromatic carbocycles. The first-order valence-electron chi connectivity index (χ1n) is 8.87. The highest BCUT2D eigenvalue weighted by Crippen LogP contribution is 2.30. The van der Waals surface area contributed by atoms with E-state index in [-0.39, 0.29) is 11.9 Å². The van der Waals surface area contributed by atoms with E-state index in [2.05, 4.69) is 34.0 Å². The Morgan fingerprint density at radius 1 is 1.27 bits per heavy atom. The molecule has 26 heavy (non-hydrogen) atoms. The van der Waals surface area contributed by atoms with Crippen LogP contribution < -0.4 is 4.74 Å². The summed E-state index contributed by atoms with van der Waals surface area (Å²) >= 11 is 0. The number of methoxy groups -OCH3 is 1. The van der Waals surface area contributed by atoms with Crippen LogP contribution in [0.3, 0.4) is 0 Å². The summed E-state index contributed by atoms with van der Waals surface area (Å²) < 4.78 is 7.49. The predicted molar refractivity (Wildman–Crippen MR) is 99.1 cm³/mol. The molecular weight excluding hydrogens is 328 g/mol. The number of aromatic nitrogens is 3. The number of hydrogen-bond acceptors (Lipinski definition) is 3. The molecule has 1 aliphatic heterocycles. The number of fused-ring (bicyclic) bond motifs is 1. The van der Waals surface area contributed by atoms with Gasteiger partial charge in [0.05, 0.1) is 18.8 Å². The van der Waals surface area contributed by atoms with Crippen LogP contribution in [0.5, 0.6) is 5.75 Å². The highest BCUT2D eigenvalue weighted by atomic mass is 16.5. The first kappa shape index (κ1) is 16.4. The van der Waals surface area contributed by atoms with Gasteiger partial charge in [-0.2, -0.15) is 5.10 Å². The summed E-state index contributed by atoms with van der Waals surface area (Å²) in [4.78, 5) is 15.0. The van der Waals surface area contributed by atoms with Crippen LogP contribution in [0.1, 0.15) is 35.6 Å². The average molecular weight is 350 g/mol. The van der Waals surface area contributed by atoms with Crippen LogP contribution in [-0.2, 0) is 6.54 Å². The van der Waals surface area contributed by atoms with Gasteiger partial charge in [0.1, 0.15) is 11.4 Å². The van der Waals surface area contributed by atoms with E-state index >= 15 is 0 Å². The smallest absolute Gasteiger partial charge is 0.272 e. The first-order valence-corrected chi connectivity index (χ1v) is 8.87. The monoisotopic (exact) mass is 350 g/mol. The minimum absolute atomic E-state index is 0.00838. The number of carbonyl (C=O) groups is 1. The van der Waals surface area contributed by atoms with Gasteiger partial charge in [0, 0.05) is 30.5 Å². The molecule has 3 heterocycles. The number of amides is 1. The zero-order valence-corrected chi connectivity index (χ0v) is 15.0. The number of nitrogens with zero attached hydrogens (tertiary/aromatic N) is 3. The Morgan fingerprint density at radius 3 is 2.96 bits per heavy atom. The molecule has 0 spiro atoms. The minimum Gasteiger partial charge on any atom is -0.497 e. The Hall–Kier alpha value is -3.02. The zero-order valence-electron chi connectivity index (χ0n) is 15.0. The van der Waals surface area contributed by atoms with Crippen molar-refractivity contribution in [3.05, 3.63) is 60.0 Å². The number of H-pyrrole nitrogens is 1. The van der Waals surface area contributed by atoms with Crippen molar-refractivity contribution in [2.75, 3.05) is 13.7 Å². The maximum atomic E-state index is 13.1. The summed E-state index contributed by atoms with van der Waals surface area (Å²) in [6, 6.07) is 13.7. The van der Waals surface area contributed by atoms with E-state index in [0.29, 0.717) is 12.2 Å². The van der Waals surface area contributed by atoms with Gasteiger partial charge in [0.25, 0.3) is 5.91 Å². The Balaban J connectivity index is 1.60. The molecule has 1 N–H and O–H groups in total. The quantitative estimate of drug-likeness (QED) is 0.783. The number of benzene rings is 1. The number of aromatic amines is 1. The lowest BCUT2D eigenvalue weighted by Crippen LogP contribution is -2.41.